The molecule has 0 aliphatic carbocycles. The number of nitrogens with two attached hydrogens (primary N) is 1. The zero-order valence-corrected chi connectivity index (χ0v) is 21.5. The summed E-state index contributed by atoms with van der Waals surface area (Å²) in [4.78, 5) is 29.0. The summed E-state index contributed by atoms with van der Waals surface area (Å²) in [5, 5.41) is 147. The van der Waals surface area contributed by atoms with Gasteiger partial charge in [0.05, 0.1) is 33.0 Å². The van der Waals surface area contributed by atoms with Gasteiger partial charge in [-0.25, -0.2) is 0 Å². The molecular formula is C20H43NO20. The molecule has 0 fully saturated rings. The fourth-order valence-electron chi connectivity index (χ4n) is 1.91. The Labute approximate surface area is 232 Å². The number of aliphatic hydroxyl groups excluding tert-OH is 16. The third-order valence-corrected chi connectivity index (χ3v) is 4.53. The molecule has 0 aromatic carbocycles. The number of rotatable bonds is 16. The number of aldehydes is 2. The molecule has 19 N–H and O–H groups in total. The van der Waals surface area contributed by atoms with E-state index >= 15 is 0 Å². The number of hydrogen-bond acceptors (Lipinski definition) is 20. The Morgan fingerprint density at radius 3 is 0.780 bits per heavy atom. The van der Waals surface area contributed by atoms with E-state index in [2.05, 4.69) is 5.73 Å². The maximum absolute atomic E-state index is 9.90. The number of aliphatic carboxylic acids is 1. The molecule has 21 nitrogen and oxygen atoms in total. The van der Waals surface area contributed by atoms with Crippen LogP contribution in [-0.4, -0.2) is 212 Å². The summed E-state index contributed by atoms with van der Waals surface area (Å²) >= 11 is 0. The van der Waals surface area contributed by atoms with Crippen LogP contribution >= 0.6 is 0 Å². The molecule has 0 saturated carbocycles. The van der Waals surface area contributed by atoms with Crippen LogP contribution in [0.15, 0.2) is 0 Å². The van der Waals surface area contributed by atoms with Gasteiger partial charge in [-0.15, -0.1) is 0 Å². The fourth-order valence-corrected chi connectivity index (χ4v) is 1.91. The summed E-state index contributed by atoms with van der Waals surface area (Å²) < 4.78 is 0. The van der Waals surface area contributed by atoms with Crippen molar-refractivity contribution in [2.24, 2.45) is 5.73 Å². The Morgan fingerprint density at radius 2 is 0.659 bits per heavy atom. The van der Waals surface area contributed by atoms with Crippen molar-refractivity contribution >= 4 is 18.5 Å². The highest BCUT2D eigenvalue weighted by atomic mass is 16.4. The van der Waals surface area contributed by atoms with Crippen LogP contribution in [0.3, 0.4) is 0 Å². The van der Waals surface area contributed by atoms with Crippen LogP contribution in [0.2, 0.25) is 0 Å². The molecule has 0 rings (SSSR count). The van der Waals surface area contributed by atoms with Crippen LogP contribution < -0.4 is 5.73 Å². The lowest BCUT2D eigenvalue weighted by Crippen LogP contribution is -2.46. The van der Waals surface area contributed by atoms with Crippen LogP contribution in [0.5, 0.6) is 0 Å². The van der Waals surface area contributed by atoms with Crippen LogP contribution in [0.1, 0.15) is 0 Å². The minimum atomic E-state index is -1.79. The minimum Gasteiger partial charge on any atom is -0.480 e. The molecule has 0 amide bonds. The first-order valence-corrected chi connectivity index (χ1v) is 11.3. The summed E-state index contributed by atoms with van der Waals surface area (Å²) in [7, 11) is 0. The van der Waals surface area contributed by atoms with E-state index < -0.39 is 106 Å². The SMILES string of the molecule is NCC(=O)O.O=CC(O)C(O)C(O)C(O)CO.O=CC(O)C(O)C(O)C(O)CO.OCC(O)C(O)C(O)C(O)CO. The van der Waals surface area contributed by atoms with Crippen molar-refractivity contribution in [2.75, 3.05) is 33.0 Å². The van der Waals surface area contributed by atoms with Gasteiger partial charge in [-0.05, 0) is 0 Å². The fraction of sp³-hybridized carbons (Fsp3) is 0.850. The van der Waals surface area contributed by atoms with E-state index in [0.29, 0.717) is 0 Å². The van der Waals surface area contributed by atoms with E-state index in [1.165, 1.54) is 0 Å². The van der Waals surface area contributed by atoms with Gasteiger partial charge in [-0.2, -0.15) is 0 Å². The number of carboxylic acid groups (broad SMARTS) is 1. The van der Waals surface area contributed by atoms with Crippen molar-refractivity contribution in [3.8, 4) is 0 Å². The minimum absolute atomic E-state index is 0.0258. The summed E-state index contributed by atoms with van der Waals surface area (Å²) in [6, 6.07) is 0. The van der Waals surface area contributed by atoms with E-state index in [9.17, 15) is 14.4 Å². The maximum Gasteiger partial charge on any atom is 0.317 e. The zero-order chi connectivity index (χ0) is 33.5. The average Bonchev–Trinajstić information content (AvgIpc) is 3.00. The summed E-state index contributed by atoms with van der Waals surface area (Å²) in [5.41, 5.74) is 4.57. The lowest BCUT2D eigenvalue weighted by molar-refractivity contribution is -0.136. The molecule has 21 heteroatoms. The second kappa shape index (κ2) is 27.0. The lowest BCUT2D eigenvalue weighted by atomic mass is 10.0. The summed E-state index contributed by atoms with van der Waals surface area (Å²) in [5.74, 6) is -0.968. The standard InChI is InChI=1S/C6H14O6.2C6H12O6.C2H5NO2/c3*7-1-3(9)5(11)6(12)4(10)2-8;3-1-2(4)5/h3-12H,1-2H2;2*1,3-6,8-12H,2H2;1,3H2,(H,4,5). The Kier molecular flexibility index (Phi) is 30.3. The normalized spacial score (nSPS) is 19.5. The molecule has 12 atom stereocenters. The van der Waals surface area contributed by atoms with E-state index in [1.807, 2.05) is 0 Å². The molecule has 41 heavy (non-hydrogen) atoms. The van der Waals surface area contributed by atoms with E-state index in [4.69, 9.17) is 86.8 Å². The van der Waals surface area contributed by atoms with Crippen LogP contribution in [0.4, 0.5) is 0 Å². The van der Waals surface area contributed by atoms with Gasteiger partial charge in [0.2, 0.25) is 0 Å². The van der Waals surface area contributed by atoms with E-state index in [0.717, 1.165) is 0 Å². The zero-order valence-electron chi connectivity index (χ0n) is 21.5. The number of carbonyl (C=O) groups excluding carboxylic acids is 2. The number of carbonyl (C=O) groups is 3. The third-order valence-electron chi connectivity index (χ3n) is 4.53. The topological polar surface area (TPSA) is 421 Å². The maximum atomic E-state index is 9.90. The Bertz CT molecular complexity index is 600. The quantitative estimate of drug-likeness (QED) is 0.0714. The average molecular weight is 618 g/mol. The first-order chi connectivity index (χ1) is 18.9. The van der Waals surface area contributed by atoms with E-state index in [-0.39, 0.29) is 19.1 Å². The molecule has 0 aromatic rings. The molecule has 0 aromatic heterocycles. The Morgan fingerprint density at radius 1 is 0.488 bits per heavy atom. The van der Waals surface area contributed by atoms with Gasteiger partial charge in [0.25, 0.3) is 0 Å². The molecule has 0 radical (unpaired) electrons. The van der Waals surface area contributed by atoms with Gasteiger partial charge in [-0.3, -0.25) is 4.79 Å². The van der Waals surface area contributed by atoms with Crippen molar-refractivity contribution in [1.29, 1.82) is 0 Å². The third kappa shape index (κ3) is 21.5. The molecule has 248 valence electrons. The Hall–Kier alpha value is -1.87. The monoisotopic (exact) mass is 617 g/mol. The van der Waals surface area contributed by atoms with Crippen molar-refractivity contribution in [3.05, 3.63) is 0 Å². The molecule has 12 unspecified atom stereocenters. The highest BCUT2D eigenvalue weighted by Crippen LogP contribution is 2.05. The van der Waals surface area contributed by atoms with E-state index in [1.54, 1.807) is 0 Å². The van der Waals surface area contributed by atoms with Crippen molar-refractivity contribution < 1.29 is 101 Å². The lowest BCUT2D eigenvalue weighted by Gasteiger charge is -2.24. The first-order valence-electron chi connectivity index (χ1n) is 11.3. The number of aliphatic hydroxyl groups is 16. The van der Waals surface area contributed by atoms with Gasteiger partial charge < -0.3 is 102 Å². The predicted molar refractivity (Wildman–Crippen MR) is 129 cm³/mol. The molecular weight excluding hydrogens is 574 g/mol. The molecule has 0 aliphatic rings. The highest BCUT2D eigenvalue weighted by molar-refractivity contribution is 5.68. The van der Waals surface area contributed by atoms with Gasteiger partial charge in [0, 0.05) is 0 Å². The molecule has 0 bridgehead atoms. The second-order valence-corrected chi connectivity index (χ2v) is 7.79. The van der Waals surface area contributed by atoms with Gasteiger partial charge in [0.15, 0.2) is 12.6 Å². The molecule has 0 spiro atoms. The van der Waals surface area contributed by atoms with Crippen molar-refractivity contribution in [3.63, 3.8) is 0 Å². The second-order valence-electron chi connectivity index (χ2n) is 7.79. The van der Waals surface area contributed by atoms with Crippen molar-refractivity contribution in [2.45, 2.75) is 73.2 Å². The highest BCUT2D eigenvalue weighted by Gasteiger charge is 2.31. The smallest absolute Gasteiger partial charge is 0.317 e. The van der Waals surface area contributed by atoms with Gasteiger partial charge >= 0.3 is 5.97 Å². The largest absolute Gasteiger partial charge is 0.480 e. The summed E-state index contributed by atoms with van der Waals surface area (Å²) in [6.45, 7) is -3.25. The van der Waals surface area contributed by atoms with Gasteiger partial charge in [0.1, 0.15) is 73.2 Å². The number of carboxylic acids is 1. The van der Waals surface area contributed by atoms with Crippen molar-refractivity contribution in [1.82, 2.24) is 0 Å². The van der Waals surface area contributed by atoms with Crippen LogP contribution in [0.25, 0.3) is 0 Å². The molecule has 0 saturated heterocycles. The number of hydrogen-bond donors (Lipinski definition) is 18. The summed E-state index contributed by atoms with van der Waals surface area (Å²) in [6.07, 6.45) is -20.1. The molecule has 0 heterocycles. The molecule has 0 aliphatic heterocycles. The van der Waals surface area contributed by atoms with Gasteiger partial charge in [-0.1, -0.05) is 0 Å². The first kappa shape index (κ1) is 46.1. The van der Waals surface area contributed by atoms with Crippen LogP contribution in [-0.2, 0) is 14.4 Å². The Balaban J connectivity index is -0.000000231. The predicted octanol–water partition coefficient (Wildman–Crippen LogP) is -11.3. The van der Waals surface area contributed by atoms with Crippen LogP contribution in [0, 0.1) is 0 Å².